The third kappa shape index (κ3) is 4.09. The van der Waals surface area contributed by atoms with Crippen molar-refractivity contribution in [2.24, 2.45) is 0 Å². The minimum absolute atomic E-state index is 0.0565. The maximum atomic E-state index is 13.1. The van der Waals surface area contributed by atoms with Gasteiger partial charge in [-0.15, -0.1) is 0 Å². The molecule has 2 aromatic carbocycles. The van der Waals surface area contributed by atoms with Gasteiger partial charge in [-0.05, 0) is 43.7 Å². The molecule has 0 unspecified atom stereocenters. The molecule has 1 heterocycles. The van der Waals surface area contributed by atoms with Crippen LogP contribution in [0.25, 0.3) is 0 Å². The quantitative estimate of drug-likeness (QED) is 0.343. The van der Waals surface area contributed by atoms with E-state index in [1.165, 1.54) is 30.3 Å². The molecule has 0 aliphatic heterocycles. The molecule has 0 N–H and O–H groups in total. The Kier molecular flexibility index (Phi) is 5.54. The summed E-state index contributed by atoms with van der Waals surface area (Å²) >= 11 is 0. The number of hydrogen-bond donors (Lipinski definition) is 0. The summed E-state index contributed by atoms with van der Waals surface area (Å²) in [5, 5.41) is 11.0. The van der Waals surface area contributed by atoms with E-state index in [-0.39, 0.29) is 29.6 Å². The maximum Gasteiger partial charge on any atom is 0.310 e. The molecule has 3 rings (SSSR count). The monoisotopic (exact) mass is 382 g/mol. The van der Waals surface area contributed by atoms with E-state index in [2.05, 4.69) is 0 Å². The van der Waals surface area contributed by atoms with E-state index in [1.807, 2.05) is 18.4 Å². The summed E-state index contributed by atoms with van der Waals surface area (Å²) in [4.78, 5) is 23.1. The normalized spacial score (nSPS) is 10.7. The number of aryl methyl sites for hydroxylation is 1. The summed E-state index contributed by atoms with van der Waals surface area (Å²) in [7, 11) is 0. The zero-order valence-corrected chi connectivity index (χ0v) is 15.5. The van der Waals surface area contributed by atoms with Crippen molar-refractivity contribution in [2.45, 2.75) is 20.4 Å². The van der Waals surface area contributed by atoms with Gasteiger partial charge >= 0.3 is 5.69 Å². The lowest BCUT2D eigenvalue weighted by atomic mass is 10.1. The number of halogens is 1. The molecular formula is C21H19FN2O4. The van der Waals surface area contributed by atoms with Gasteiger partial charge in [-0.1, -0.05) is 24.3 Å². The number of ether oxygens (including phenoxy) is 1. The molecule has 0 aliphatic carbocycles. The van der Waals surface area contributed by atoms with Crippen LogP contribution in [0.3, 0.4) is 0 Å². The van der Waals surface area contributed by atoms with E-state index in [1.54, 1.807) is 24.3 Å². The second-order valence-electron chi connectivity index (χ2n) is 6.43. The van der Waals surface area contributed by atoms with Crippen LogP contribution in [-0.4, -0.2) is 21.9 Å². The van der Waals surface area contributed by atoms with Gasteiger partial charge in [-0.2, -0.15) is 0 Å². The Morgan fingerprint density at radius 3 is 2.50 bits per heavy atom. The molecule has 1 aromatic heterocycles. The van der Waals surface area contributed by atoms with Gasteiger partial charge in [-0.25, -0.2) is 4.39 Å². The third-order valence-electron chi connectivity index (χ3n) is 4.55. The fraction of sp³-hybridized carbons (Fsp3) is 0.190. The van der Waals surface area contributed by atoms with Crippen LogP contribution in [0.1, 0.15) is 27.3 Å². The topological polar surface area (TPSA) is 74.4 Å². The highest BCUT2D eigenvalue weighted by atomic mass is 19.1. The molecule has 7 heteroatoms. The molecule has 0 saturated carbocycles. The van der Waals surface area contributed by atoms with Crippen LogP contribution in [0, 0.1) is 29.8 Å². The fourth-order valence-electron chi connectivity index (χ4n) is 3.05. The lowest BCUT2D eigenvalue weighted by molar-refractivity contribution is -0.385. The summed E-state index contributed by atoms with van der Waals surface area (Å²) in [6.45, 7) is 3.92. The Bertz CT molecular complexity index is 1030. The molecule has 0 bridgehead atoms. The van der Waals surface area contributed by atoms with E-state index in [9.17, 15) is 19.3 Å². The van der Waals surface area contributed by atoms with Gasteiger partial charge in [0.25, 0.3) is 0 Å². The first kappa shape index (κ1) is 19.3. The van der Waals surface area contributed by atoms with Gasteiger partial charge < -0.3 is 9.30 Å². The number of para-hydroxylation sites is 2. The van der Waals surface area contributed by atoms with Crippen molar-refractivity contribution in [2.75, 3.05) is 6.61 Å². The molecule has 144 valence electrons. The first-order chi connectivity index (χ1) is 13.4. The maximum absolute atomic E-state index is 13.1. The number of aromatic nitrogens is 1. The second-order valence-corrected chi connectivity index (χ2v) is 6.43. The Hall–Kier alpha value is -3.48. The van der Waals surface area contributed by atoms with Crippen molar-refractivity contribution in [3.05, 3.63) is 93.0 Å². The SMILES string of the molecule is Cc1cc(C(=O)COc2ccccc2[N+](=O)[O-])c(C)n1Cc1ccc(F)cc1. The summed E-state index contributed by atoms with van der Waals surface area (Å²) in [5.74, 6) is -0.509. The Morgan fingerprint density at radius 1 is 1.14 bits per heavy atom. The van der Waals surface area contributed by atoms with E-state index >= 15 is 0 Å². The number of carbonyl (C=O) groups is 1. The average molecular weight is 382 g/mol. The van der Waals surface area contributed by atoms with Crippen LogP contribution < -0.4 is 4.74 Å². The highest BCUT2D eigenvalue weighted by Gasteiger charge is 2.19. The van der Waals surface area contributed by atoms with E-state index in [0.717, 1.165) is 17.0 Å². The van der Waals surface area contributed by atoms with Gasteiger partial charge in [0.1, 0.15) is 5.82 Å². The van der Waals surface area contributed by atoms with Crippen LogP contribution in [0.2, 0.25) is 0 Å². The highest BCUT2D eigenvalue weighted by Crippen LogP contribution is 2.26. The minimum atomic E-state index is -0.547. The lowest BCUT2D eigenvalue weighted by Gasteiger charge is -2.10. The van der Waals surface area contributed by atoms with Crippen molar-refractivity contribution in [1.82, 2.24) is 4.57 Å². The van der Waals surface area contributed by atoms with Crippen molar-refractivity contribution in [3.63, 3.8) is 0 Å². The van der Waals surface area contributed by atoms with Gasteiger partial charge in [0.15, 0.2) is 12.4 Å². The van der Waals surface area contributed by atoms with Crippen LogP contribution in [0.15, 0.2) is 54.6 Å². The molecule has 0 saturated heterocycles. The van der Waals surface area contributed by atoms with Crippen molar-refractivity contribution in [3.8, 4) is 5.75 Å². The zero-order chi connectivity index (χ0) is 20.3. The summed E-state index contributed by atoms with van der Waals surface area (Å²) in [6, 6.07) is 13.9. The molecule has 0 amide bonds. The fourth-order valence-corrected chi connectivity index (χ4v) is 3.05. The van der Waals surface area contributed by atoms with Gasteiger partial charge in [0, 0.05) is 29.6 Å². The number of benzene rings is 2. The third-order valence-corrected chi connectivity index (χ3v) is 4.55. The Morgan fingerprint density at radius 2 is 1.82 bits per heavy atom. The highest BCUT2D eigenvalue weighted by molar-refractivity contribution is 5.98. The second kappa shape index (κ2) is 8.04. The van der Waals surface area contributed by atoms with E-state index in [4.69, 9.17) is 4.74 Å². The molecule has 0 spiro atoms. The number of rotatable bonds is 7. The molecular weight excluding hydrogens is 363 g/mol. The zero-order valence-electron chi connectivity index (χ0n) is 15.5. The number of ketones is 1. The predicted molar refractivity (Wildman–Crippen MR) is 102 cm³/mol. The van der Waals surface area contributed by atoms with E-state index in [0.29, 0.717) is 12.1 Å². The number of hydrogen-bond acceptors (Lipinski definition) is 4. The summed E-state index contributed by atoms with van der Waals surface area (Å²) in [5.41, 5.74) is 2.88. The predicted octanol–water partition coefficient (Wildman–Crippen LogP) is 4.46. The van der Waals surface area contributed by atoms with Crippen LogP contribution in [0.5, 0.6) is 5.75 Å². The van der Waals surface area contributed by atoms with Gasteiger partial charge in [0.2, 0.25) is 5.78 Å². The number of nitro benzene ring substituents is 1. The summed E-state index contributed by atoms with van der Waals surface area (Å²) in [6.07, 6.45) is 0. The number of nitrogens with zero attached hydrogens (tertiary/aromatic N) is 2. The number of Topliss-reactive ketones (excluding diaryl/α,β-unsaturated/α-hetero) is 1. The average Bonchev–Trinajstić information content (AvgIpc) is 2.96. The van der Waals surface area contributed by atoms with Crippen molar-refractivity contribution < 1.29 is 18.8 Å². The largest absolute Gasteiger partial charge is 0.478 e. The molecule has 28 heavy (non-hydrogen) atoms. The van der Waals surface area contributed by atoms with E-state index < -0.39 is 4.92 Å². The molecule has 0 radical (unpaired) electrons. The minimum Gasteiger partial charge on any atom is -0.478 e. The molecule has 3 aromatic rings. The Balaban J connectivity index is 1.76. The summed E-state index contributed by atoms with van der Waals surface area (Å²) < 4.78 is 20.5. The van der Waals surface area contributed by atoms with Crippen LogP contribution in [0.4, 0.5) is 10.1 Å². The van der Waals surface area contributed by atoms with Crippen molar-refractivity contribution >= 4 is 11.5 Å². The van der Waals surface area contributed by atoms with Crippen LogP contribution >= 0.6 is 0 Å². The molecule has 0 fully saturated rings. The first-order valence-corrected chi connectivity index (χ1v) is 8.67. The number of carbonyl (C=O) groups excluding carboxylic acids is 1. The number of nitro groups is 1. The first-order valence-electron chi connectivity index (χ1n) is 8.67. The smallest absolute Gasteiger partial charge is 0.310 e. The lowest BCUT2D eigenvalue weighted by Crippen LogP contribution is -2.13. The molecule has 0 atom stereocenters. The van der Waals surface area contributed by atoms with Crippen molar-refractivity contribution in [1.29, 1.82) is 0 Å². The molecule has 0 aliphatic rings. The van der Waals surface area contributed by atoms with Crippen LogP contribution in [-0.2, 0) is 6.54 Å². The standard InChI is InChI=1S/C21H19FN2O4/c1-14-11-18(15(2)23(14)12-16-7-9-17(22)10-8-16)20(25)13-28-21-6-4-3-5-19(21)24(26)27/h3-11H,12-13H2,1-2H3. The molecule has 6 nitrogen and oxygen atoms in total. The van der Waals surface area contributed by atoms with Gasteiger partial charge in [0.05, 0.1) is 4.92 Å². The van der Waals surface area contributed by atoms with Gasteiger partial charge in [-0.3, -0.25) is 14.9 Å². The Labute approximate surface area is 161 Å².